The van der Waals surface area contributed by atoms with Crippen LogP contribution in [0, 0.1) is 0 Å². The first kappa shape index (κ1) is 11.2. The monoisotopic (exact) mass is 270 g/mol. The van der Waals surface area contributed by atoms with Gasteiger partial charge in [0, 0.05) is 4.43 Å². The molecule has 0 aliphatic rings. The molecule has 0 aromatic carbocycles. The smallest absolute Gasteiger partial charge is 0.307 e. The lowest BCUT2D eigenvalue weighted by atomic mass is 10.1. The minimum Gasteiger partial charge on any atom is -0.460 e. The summed E-state index contributed by atoms with van der Waals surface area (Å²) in [5.74, 6) is -0.0914. The Balaban J connectivity index is 3.74. The summed E-state index contributed by atoms with van der Waals surface area (Å²) in [5, 5.41) is 0. The third-order valence-corrected chi connectivity index (χ3v) is 2.08. The van der Waals surface area contributed by atoms with E-state index in [4.69, 9.17) is 4.74 Å². The predicted octanol–water partition coefficient (Wildman–Crippen LogP) is 2.54. The summed E-state index contributed by atoms with van der Waals surface area (Å²) in [5.41, 5.74) is -0.289. The van der Waals surface area contributed by atoms with E-state index in [-0.39, 0.29) is 11.6 Å². The molecule has 0 aliphatic heterocycles. The van der Waals surface area contributed by atoms with Crippen LogP contribution in [0.4, 0.5) is 0 Å². The highest BCUT2D eigenvalue weighted by Crippen LogP contribution is 2.14. The van der Waals surface area contributed by atoms with Gasteiger partial charge >= 0.3 is 5.97 Å². The molecule has 0 fully saturated rings. The SMILES string of the molecule is CCC(C)(C)OC(=O)CCI. The standard InChI is InChI=1S/C8H15IO2/c1-4-8(2,3)11-7(10)5-6-9/h4-6H2,1-3H3. The zero-order chi connectivity index (χ0) is 8.91. The Morgan fingerprint density at radius 1 is 1.55 bits per heavy atom. The molecule has 0 aliphatic carbocycles. The van der Waals surface area contributed by atoms with Gasteiger partial charge in [0.2, 0.25) is 0 Å². The van der Waals surface area contributed by atoms with Crippen molar-refractivity contribution in [3.8, 4) is 0 Å². The lowest BCUT2D eigenvalue weighted by Crippen LogP contribution is -2.26. The summed E-state index contributed by atoms with van der Waals surface area (Å²) in [6, 6.07) is 0. The molecule has 0 bridgehead atoms. The van der Waals surface area contributed by atoms with Crippen molar-refractivity contribution in [3.05, 3.63) is 0 Å². The van der Waals surface area contributed by atoms with Gasteiger partial charge in [-0.05, 0) is 20.3 Å². The van der Waals surface area contributed by atoms with Crippen LogP contribution >= 0.6 is 22.6 Å². The van der Waals surface area contributed by atoms with Crippen molar-refractivity contribution < 1.29 is 9.53 Å². The van der Waals surface area contributed by atoms with Gasteiger partial charge in [0.25, 0.3) is 0 Å². The second kappa shape index (κ2) is 4.95. The van der Waals surface area contributed by atoms with Crippen molar-refractivity contribution in [2.75, 3.05) is 4.43 Å². The summed E-state index contributed by atoms with van der Waals surface area (Å²) >= 11 is 2.17. The number of carbonyl (C=O) groups is 1. The molecule has 0 rings (SSSR count). The van der Waals surface area contributed by atoms with Gasteiger partial charge in [0.1, 0.15) is 5.60 Å². The lowest BCUT2D eigenvalue weighted by Gasteiger charge is -2.22. The van der Waals surface area contributed by atoms with Gasteiger partial charge in [-0.15, -0.1) is 0 Å². The topological polar surface area (TPSA) is 26.3 Å². The van der Waals surface area contributed by atoms with Gasteiger partial charge in [0.15, 0.2) is 0 Å². The number of hydrogen-bond acceptors (Lipinski definition) is 2. The van der Waals surface area contributed by atoms with E-state index < -0.39 is 0 Å². The maximum Gasteiger partial charge on any atom is 0.307 e. The summed E-state index contributed by atoms with van der Waals surface area (Å²) in [7, 11) is 0. The Kier molecular flexibility index (Phi) is 5.04. The summed E-state index contributed by atoms with van der Waals surface area (Å²) < 4.78 is 6.01. The van der Waals surface area contributed by atoms with Crippen molar-refractivity contribution in [1.82, 2.24) is 0 Å². The Hall–Kier alpha value is 0.200. The lowest BCUT2D eigenvalue weighted by molar-refractivity contribution is -0.156. The molecule has 0 N–H and O–H groups in total. The highest BCUT2D eigenvalue weighted by Gasteiger charge is 2.19. The van der Waals surface area contributed by atoms with Crippen molar-refractivity contribution in [1.29, 1.82) is 0 Å². The zero-order valence-corrected chi connectivity index (χ0v) is 9.47. The van der Waals surface area contributed by atoms with E-state index in [1.807, 2.05) is 20.8 Å². The average Bonchev–Trinajstić information content (AvgIpc) is 1.87. The van der Waals surface area contributed by atoms with E-state index in [1.165, 1.54) is 0 Å². The fourth-order valence-electron chi connectivity index (χ4n) is 0.509. The molecule has 3 heteroatoms. The van der Waals surface area contributed by atoms with Crippen LogP contribution in [0.3, 0.4) is 0 Å². The third-order valence-electron chi connectivity index (χ3n) is 1.54. The molecule has 0 amide bonds. The second-order valence-corrected chi connectivity index (χ2v) is 4.11. The molecule has 0 saturated carbocycles. The van der Waals surface area contributed by atoms with Crippen molar-refractivity contribution in [2.24, 2.45) is 0 Å². The number of ether oxygens (including phenoxy) is 1. The van der Waals surface area contributed by atoms with Gasteiger partial charge in [-0.25, -0.2) is 0 Å². The first-order valence-corrected chi connectivity index (χ1v) is 5.32. The molecule has 0 aromatic rings. The molecule has 11 heavy (non-hydrogen) atoms. The van der Waals surface area contributed by atoms with Crippen LogP contribution in [0.2, 0.25) is 0 Å². The minimum atomic E-state index is -0.289. The Labute approximate surface area is 81.8 Å². The largest absolute Gasteiger partial charge is 0.460 e. The summed E-state index contributed by atoms with van der Waals surface area (Å²) in [6.45, 7) is 5.87. The van der Waals surface area contributed by atoms with Gasteiger partial charge in [0.05, 0.1) is 6.42 Å². The van der Waals surface area contributed by atoms with E-state index in [0.29, 0.717) is 6.42 Å². The van der Waals surface area contributed by atoms with Crippen LogP contribution in [0.25, 0.3) is 0 Å². The van der Waals surface area contributed by atoms with Gasteiger partial charge in [-0.2, -0.15) is 0 Å². The maximum absolute atomic E-state index is 11.0. The van der Waals surface area contributed by atoms with E-state index in [9.17, 15) is 4.79 Å². The van der Waals surface area contributed by atoms with Gasteiger partial charge in [-0.3, -0.25) is 4.79 Å². The summed E-state index contributed by atoms with van der Waals surface area (Å²) in [4.78, 5) is 11.0. The van der Waals surface area contributed by atoms with Gasteiger partial charge < -0.3 is 4.74 Å². The average molecular weight is 270 g/mol. The fourth-order valence-corrected chi connectivity index (χ4v) is 0.949. The molecular weight excluding hydrogens is 255 g/mol. The molecule has 0 unspecified atom stereocenters. The van der Waals surface area contributed by atoms with E-state index in [1.54, 1.807) is 0 Å². The highest BCUT2D eigenvalue weighted by atomic mass is 127. The molecule has 2 nitrogen and oxygen atoms in total. The minimum absolute atomic E-state index is 0.0914. The number of halogens is 1. The van der Waals surface area contributed by atoms with E-state index in [0.717, 1.165) is 10.8 Å². The fraction of sp³-hybridized carbons (Fsp3) is 0.875. The highest BCUT2D eigenvalue weighted by molar-refractivity contribution is 14.1. The normalized spacial score (nSPS) is 11.3. The van der Waals surface area contributed by atoms with Crippen LogP contribution in [0.15, 0.2) is 0 Å². The second-order valence-electron chi connectivity index (χ2n) is 3.03. The van der Waals surface area contributed by atoms with Crippen LogP contribution in [-0.4, -0.2) is 16.0 Å². The van der Waals surface area contributed by atoms with Crippen LogP contribution in [-0.2, 0) is 9.53 Å². The van der Waals surface area contributed by atoms with Crippen LogP contribution in [0.1, 0.15) is 33.6 Å². The molecule has 0 radical (unpaired) electrons. The third kappa shape index (κ3) is 5.47. The molecule has 0 atom stereocenters. The van der Waals surface area contributed by atoms with Crippen LogP contribution in [0.5, 0.6) is 0 Å². The number of carbonyl (C=O) groups excluding carboxylic acids is 1. The van der Waals surface area contributed by atoms with Crippen molar-refractivity contribution >= 4 is 28.6 Å². The maximum atomic E-state index is 11.0. The molecule has 0 spiro atoms. The van der Waals surface area contributed by atoms with E-state index >= 15 is 0 Å². The number of rotatable bonds is 4. The number of hydrogen-bond donors (Lipinski definition) is 0. The Morgan fingerprint density at radius 2 is 2.09 bits per heavy atom. The first-order chi connectivity index (χ1) is 5.02. The Bertz CT molecular complexity index is 132. The molecule has 0 aromatic heterocycles. The zero-order valence-electron chi connectivity index (χ0n) is 7.32. The van der Waals surface area contributed by atoms with Crippen molar-refractivity contribution in [2.45, 2.75) is 39.2 Å². The quantitative estimate of drug-likeness (QED) is 0.446. The van der Waals surface area contributed by atoms with Crippen LogP contribution < -0.4 is 0 Å². The molecular formula is C8H15IO2. The summed E-state index contributed by atoms with van der Waals surface area (Å²) in [6.07, 6.45) is 1.38. The predicted molar refractivity (Wildman–Crippen MR) is 54.0 cm³/mol. The molecule has 66 valence electrons. The molecule has 0 saturated heterocycles. The van der Waals surface area contributed by atoms with Crippen molar-refractivity contribution in [3.63, 3.8) is 0 Å². The first-order valence-electron chi connectivity index (χ1n) is 3.79. The van der Waals surface area contributed by atoms with E-state index in [2.05, 4.69) is 22.6 Å². The Morgan fingerprint density at radius 3 is 2.45 bits per heavy atom. The van der Waals surface area contributed by atoms with Gasteiger partial charge in [-0.1, -0.05) is 29.5 Å². The molecule has 0 heterocycles. The number of alkyl halides is 1. The number of esters is 1.